The summed E-state index contributed by atoms with van der Waals surface area (Å²) in [5.41, 5.74) is 0.326. The van der Waals surface area contributed by atoms with Gasteiger partial charge in [0.05, 0.1) is 11.5 Å². The van der Waals surface area contributed by atoms with E-state index in [1.807, 2.05) is 42.5 Å². The number of carbonyl (C=O) groups is 1. The minimum Gasteiger partial charge on any atom is -0.491 e. The topological polar surface area (TPSA) is 81.5 Å². The molecular weight excluding hydrogens is 320 g/mol. The highest BCUT2D eigenvalue weighted by Crippen LogP contribution is 2.24. The van der Waals surface area contributed by atoms with Gasteiger partial charge in [-0.25, -0.2) is 0 Å². The largest absolute Gasteiger partial charge is 0.491 e. The van der Waals surface area contributed by atoms with Gasteiger partial charge >= 0.3 is 0 Å². The number of ether oxygens (including phenoxy) is 1. The fourth-order valence-corrected chi connectivity index (χ4v) is 2.48. The Labute approximate surface area is 144 Å². The summed E-state index contributed by atoms with van der Waals surface area (Å²) in [7, 11) is 0. The number of nitrogens with zero attached hydrogens (tertiary/aromatic N) is 1. The summed E-state index contributed by atoms with van der Waals surface area (Å²) in [6.07, 6.45) is 0. The number of nitro groups is 1. The van der Waals surface area contributed by atoms with Crippen molar-refractivity contribution in [3.63, 3.8) is 0 Å². The maximum atomic E-state index is 12.0. The van der Waals surface area contributed by atoms with Crippen LogP contribution in [-0.4, -0.2) is 24.0 Å². The first-order valence-corrected chi connectivity index (χ1v) is 7.78. The molecule has 0 aromatic heterocycles. The van der Waals surface area contributed by atoms with Gasteiger partial charge in [-0.3, -0.25) is 14.9 Å². The molecule has 0 saturated carbocycles. The van der Waals surface area contributed by atoms with Crippen LogP contribution < -0.4 is 10.1 Å². The van der Waals surface area contributed by atoms with Crippen LogP contribution >= 0.6 is 0 Å². The molecule has 0 saturated heterocycles. The van der Waals surface area contributed by atoms with Crippen LogP contribution in [0.3, 0.4) is 0 Å². The molecule has 3 aromatic carbocycles. The molecule has 25 heavy (non-hydrogen) atoms. The molecule has 0 bridgehead atoms. The van der Waals surface area contributed by atoms with E-state index in [0.29, 0.717) is 18.7 Å². The minimum absolute atomic E-state index is 0.0455. The van der Waals surface area contributed by atoms with Gasteiger partial charge in [0, 0.05) is 23.1 Å². The number of benzene rings is 3. The average Bonchev–Trinajstić information content (AvgIpc) is 2.65. The molecule has 0 aliphatic carbocycles. The summed E-state index contributed by atoms with van der Waals surface area (Å²) in [6.45, 7) is 0.659. The standard InChI is InChI=1S/C19H16N2O4/c22-19(15-8-10-16(11-9-15)21(23)24)20-12-13-25-18-7-3-5-14-4-1-2-6-17(14)18/h1-11H,12-13H2,(H,20,22). The van der Waals surface area contributed by atoms with Crippen LogP contribution in [0, 0.1) is 10.1 Å². The fraction of sp³-hybridized carbons (Fsp3) is 0.105. The molecule has 0 fully saturated rings. The van der Waals surface area contributed by atoms with Gasteiger partial charge in [0.2, 0.25) is 0 Å². The third-order valence-corrected chi connectivity index (χ3v) is 3.74. The summed E-state index contributed by atoms with van der Waals surface area (Å²) in [6, 6.07) is 19.2. The number of fused-ring (bicyclic) bond motifs is 1. The van der Waals surface area contributed by atoms with Crippen molar-refractivity contribution in [3.8, 4) is 5.75 Å². The van der Waals surface area contributed by atoms with E-state index < -0.39 is 4.92 Å². The first-order valence-electron chi connectivity index (χ1n) is 7.78. The maximum absolute atomic E-state index is 12.0. The van der Waals surface area contributed by atoms with Crippen molar-refractivity contribution in [2.75, 3.05) is 13.2 Å². The van der Waals surface area contributed by atoms with Crippen LogP contribution in [0.4, 0.5) is 5.69 Å². The zero-order chi connectivity index (χ0) is 17.6. The van der Waals surface area contributed by atoms with Gasteiger partial charge in [-0.2, -0.15) is 0 Å². The number of hydrogen-bond acceptors (Lipinski definition) is 4. The van der Waals surface area contributed by atoms with Crippen molar-refractivity contribution in [1.82, 2.24) is 5.32 Å². The van der Waals surface area contributed by atoms with Crippen molar-refractivity contribution in [1.29, 1.82) is 0 Å². The molecule has 3 rings (SSSR count). The Balaban J connectivity index is 1.54. The highest BCUT2D eigenvalue weighted by atomic mass is 16.6. The second-order valence-corrected chi connectivity index (χ2v) is 5.39. The zero-order valence-corrected chi connectivity index (χ0v) is 13.3. The van der Waals surface area contributed by atoms with Gasteiger partial charge in [-0.05, 0) is 23.6 Å². The van der Waals surface area contributed by atoms with E-state index in [0.717, 1.165) is 16.5 Å². The lowest BCUT2D eigenvalue weighted by Crippen LogP contribution is -2.28. The SMILES string of the molecule is O=C(NCCOc1cccc2ccccc12)c1ccc([N+](=O)[O-])cc1. The number of nitro benzene ring substituents is 1. The highest BCUT2D eigenvalue weighted by molar-refractivity contribution is 5.94. The van der Waals surface area contributed by atoms with Crippen molar-refractivity contribution in [2.45, 2.75) is 0 Å². The van der Waals surface area contributed by atoms with E-state index in [2.05, 4.69) is 5.32 Å². The number of non-ortho nitro benzene ring substituents is 1. The molecule has 0 radical (unpaired) electrons. The van der Waals surface area contributed by atoms with E-state index in [-0.39, 0.29) is 11.6 Å². The van der Waals surface area contributed by atoms with Gasteiger partial charge < -0.3 is 10.1 Å². The van der Waals surface area contributed by atoms with Gasteiger partial charge in [0.1, 0.15) is 12.4 Å². The van der Waals surface area contributed by atoms with Gasteiger partial charge in [-0.1, -0.05) is 36.4 Å². The van der Waals surface area contributed by atoms with E-state index >= 15 is 0 Å². The third kappa shape index (κ3) is 3.92. The van der Waals surface area contributed by atoms with Crippen LogP contribution in [0.1, 0.15) is 10.4 Å². The lowest BCUT2D eigenvalue weighted by atomic mass is 10.1. The van der Waals surface area contributed by atoms with E-state index in [1.54, 1.807) is 0 Å². The highest BCUT2D eigenvalue weighted by Gasteiger charge is 2.09. The van der Waals surface area contributed by atoms with Crippen LogP contribution in [-0.2, 0) is 0 Å². The lowest BCUT2D eigenvalue weighted by molar-refractivity contribution is -0.384. The van der Waals surface area contributed by atoms with Crippen molar-refractivity contribution < 1.29 is 14.5 Å². The van der Waals surface area contributed by atoms with Crippen LogP contribution in [0.2, 0.25) is 0 Å². The van der Waals surface area contributed by atoms with E-state index in [4.69, 9.17) is 4.74 Å². The first-order chi connectivity index (χ1) is 12.1. The molecule has 6 nitrogen and oxygen atoms in total. The molecule has 3 aromatic rings. The van der Waals surface area contributed by atoms with Crippen LogP contribution in [0.15, 0.2) is 66.7 Å². The second-order valence-electron chi connectivity index (χ2n) is 5.39. The molecule has 1 amide bonds. The smallest absolute Gasteiger partial charge is 0.269 e. The predicted molar refractivity (Wildman–Crippen MR) is 94.9 cm³/mol. The minimum atomic E-state index is -0.500. The third-order valence-electron chi connectivity index (χ3n) is 3.74. The summed E-state index contributed by atoms with van der Waals surface area (Å²) in [4.78, 5) is 22.1. The fourth-order valence-electron chi connectivity index (χ4n) is 2.48. The molecule has 0 spiro atoms. The summed E-state index contributed by atoms with van der Waals surface area (Å²) < 4.78 is 5.75. The molecule has 0 atom stereocenters. The molecule has 126 valence electrons. The quantitative estimate of drug-likeness (QED) is 0.424. The first kappa shape index (κ1) is 16.4. The molecule has 0 aliphatic heterocycles. The summed E-state index contributed by atoms with van der Waals surface area (Å²) in [5, 5.41) is 15.5. The number of rotatable bonds is 6. The molecule has 0 aliphatic rings. The summed E-state index contributed by atoms with van der Waals surface area (Å²) in [5.74, 6) is 0.471. The summed E-state index contributed by atoms with van der Waals surface area (Å²) >= 11 is 0. The molecule has 1 N–H and O–H groups in total. The van der Waals surface area contributed by atoms with Gasteiger partial charge in [0.25, 0.3) is 11.6 Å². The monoisotopic (exact) mass is 336 g/mol. The van der Waals surface area contributed by atoms with Gasteiger partial charge in [0.15, 0.2) is 0 Å². The van der Waals surface area contributed by atoms with Crippen LogP contribution in [0.5, 0.6) is 5.75 Å². The Hall–Kier alpha value is -3.41. The van der Waals surface area contributed by atoms with E-state index in [1.165, 1.54) is 24.3 Å². The second kappa shape index (κ2) is 7.44. The number of amides is 1. The maximum Gasteiger partial charge on any atom is 0.269 e. The normalized spacial score (nSPS) is 10.4. The zero-order valence-electron chi connectivity index (χ0n) is 13.3. The van der Waals surface area contributed by atoms with Crippen molar-refractivity contribution in [3.05, 3.63) is 82.4 Å². The van der Waals surface area contributed by atoms with Crippen LogP contribution in [0.25, 0.3) is 10.8 Å². The van der Waals surface area contributed by atoms with Gasteiger partial charge in [-0.15, -0.1) is 0 Å². The average molecular weight is 336 g/mol. The molecule has 6 heteroatoms. The Kier molecular flexibility index (Phi) is 4.89. The Morgan fingerprint density at radius 1 is 1.00 bits per heavy atom. The Bertz CT molecular complexity index is 901. The molecule has 0 heterocycles. The van der Waals surface area contributed by atoms with Crippen molar-refractivity contribution in [2.24, 2.45) is 0 Å². The molecule has 0 unspecified atom stereocenters. The number of carbonyl (C=O) groups excluding carboxylic acids is 1. The predicted octanol–water partition coefficient (Wildman–Crippen LogP) is 3.56. The Morgan fingerprint density at radius 3 is 2.48 bits per heavy atom. The Morgan fingerprint density at radius 2 is 1.72 bits per heavy atom. The molecular formula is C19H16N2O4. The lowest BCUT2D eigenvalue weighted by Gasteiger charge is -2.10. The number of hydrogen-bond donors (Lipinski definition) is 1. The van der Waals surface area contributed by atoms with E-state index in [9.17, 15) is 14.9 Å². The number of nitrogens with one attached hydrogen (secondary N) is 1. The van der Waals surface area contributed by atoms with Crippen molar-refractivity contribution >= 4 is 22.4 Å².